The molecule has 0 aliphatic carbocycles. The van der Waals surface area contributed by atoms with Gasteiger partial charge in [0.1, 0.15) is 17.6 Å². The number of fused-ring (bicyclic) bond motifs is 2. The van der Waals surface area contributed by atoms with Crippen molar-refractivity contribution in [1.29, 1.82) is 0 Å². The van der Waals surface area contributed by atoms with Gasteiger partial charge in [-0.05, 0) is 56.4 Å². The third-order valence-corrected chi connectivity index (χ3v) is 8.64. The van der Waals surface area contributed by atoms with Crippen molar-refractivity contribution < 1.29 is 29.0 Å². The number of hydrogen-bond donors (Lipinski definition) is 1. The summed E-state index contributed by atoms with van der Waals surface area (Å²) in [4.78, 5) is 45.5. The first-order valence-electron chi connectivity index (χ1n) is 13.4. The molecule has 1 unspecified atom stereocenters. The molecule has 1 N–H and O–H groups in total. The van der Waals surface area contributed by atoms with Crippen molar-refractivity contribution in [3.8, 4) is 0 Å². The third kappa shape index (κ3) is 4.17. The third-order valence-electron chi connectivity index (χ3n) is 8.39. The van der Waals surface area contributed by atoms with Gasteiger partial charge in [-0.3, -0.25) is 14.4 Å². The van der Waals surface area contributed by atoms with E-state index in [0.717, 1.165) is 19.3 Å². The van der Waals surface area contributed by atoms with Crippen molar-refractivity contribution in [2.75, 3.05) is 24.7 Å². The largest absolute Gasteiger partial charge is 0.465 e. The summed E-state index contributed by atoms with van der Waals surface area (Å²) in [5.74, 6) is -3.28. The van der Waals surface area contributed by atoms with Crippen molar-refractivity contribution in [2.24, 2.45) is 17.8 Å². The Hall–Kier alpha value is -2.68. The highest BCUT2D eigenvalue weighted by Gasteiger charge is 2.75. The van der Waals surface area contributed by atoms with Gasteiger partial charge in [-0.1, -0.05) is 49.8 Å². The Morgan fingerprint density at radius 2 is 1.79 bits per heavy atom. The molecule has 1 aromatic rings. The average Bonchev–Trinajstić information content (AvgIpc) is 3.20. The van der Waals surface area contributed by atoms with E-state index in [1.54, 1.807) is 42.2 Å². The fourth-order valence-corrected chi connectivity index (χ4v) is 6.69. The van der Waals surface area contributed by atoms with Gasteiger partial charge in [0.05, 0.1) is 30.8 Å². The quantitative estimate of drug-likeness (QED) is 0.462. The normalized spacial score (nSPS) is 34.9. The summed E-state index contributed by atoms with van der Waals surface area (Å²) in [7, 11) is 0. The zero-order valence-corrected chi connectivity index (χ0v) is 22.8. The number of ether oxygens (including phenoxy) is 2. The van der Waals surface area contributed by atoms with Gasteiger partial charge < -0.3 is 24.4 Å². The summed E-state index contributed by atoms with van der Waals surface area (Å²) in [6.07, 6.45) is 9.87. The molecule has 4 aliphatic rings. The second kappa shape index (κ2) is 10.1. The van der Waals surface area contributed by atoms with Crippen molar-refractivity contribution >= 4 is 35.1 Å². The van der Waals surface area contributed by atoms with Gasteiger partial charge in [0.2, 0.25) is 5.91 Å². The first-order valence-corrected chi connectivity index (χ1v) is 13.7. The molecule has 2 amide bonds. The van der Waals surface area contributed by atoms with Gasteiger partial charge in [0.15, 0.2) is 0 Å². The predicted molar refractivity (Wildman–Crippen MR) is 142 cm³/mol. The van der Waals surface area contributed by atoms with E-state index in [2.05, 4.69) is 0 Å². The highest BCUT2D eigenvalue weighted by Crippen LogP contribution is 2.57. The molecular weight excluding hydrogens is 508 g/mol. The number of aliphatic hydroxyl groups excluding tert-OH is 1. The van der Waals surface area contributed by atoms with Crippen LogP contribution < -0.4 is 4.90 Å². The van der Waals surface area contributed by atoms with Gasteiger partial charge in [-0.15, -0.1) is 0 Å². The molecule has 1 aromatic carbocycles. The number of amides is 2. The molecule has 204 valence electrons. The van der Waals surface area contributed by atoms with Crippen LogP contribution in [0.15, 0.2) is 48.6 Å². The monoisotopic (exact) mass is 542 g/mol. The van der Waals surface area contributed by atoms with Gasteiger partial charge in [0.25, 0.3) is 5.91 Å². The summed E-state index contributed by atoms with van der Waals surface area (Å²) in [6, 6.07) is 5.22. The molecule has 5 rings (SSSR count). The van der Waals surface area contributed by atoms with E-state index in [-0.39, 0.29) is 37.5 Å². The van der Waals surface area contributed by atoms with Crippen LogP contribution in [-0.2, 0) is 23.9 Å². The number of likely N-dealkylation sites (tertiary alicyclic amines) is 1. The van der Waals surface area contributed by atoms with Crippen LogP contribution in [0.25, 0.3) is 0 Å². The van der Waals surface area contributed by atoms with Crippen LogP contribution in [0.4, 0.5) is 5.69 Å². The number of halogens is 1. The number of rotatable bonds is 4. The highest BCUT2D eigenvalue weighted by molar-refractivity contribution is 6.30. The number of allylic oxidation sites excluding steroid dienone is 1. The van der Waals surface area contributed by atoms with Crippen LogP contribution in [-0.4, -0.2) is 70.8 Å². The molecule has 1 spiro atoms. The number of anilines is 1. The molecule has 4 aliphatic heterocycles. The lowest BCUT2D eigenvalue weighted by atomic mass is 9.74. The molecule has 0 bridgehead atoms. The number of esters is 1. The molecule has 2 fully saturated rings. The lowest BCUT2D eigenvalue weighted by Crippen LogP contribution is -2.59. The van der Waals surface area contributed by atoms with Gasteiger partial charge >= 0.3 is 5.97 Å². The van der Waals surface area contributed by atoms with Crippen molar-refractivity contribution in [1.82, 2.24) is 4.90 Å². The first-order chi connectivity index (χ1) is 18.1. The predicted octanol–water partition coefficient (Wildman–Crippen LogP) is 3.51. The maximum absolute atomic E-state index is 14.4. The summed E-state index contributed by atoms with van der Waals surface area (Å²) in [6.45, 7) is 5.79. The number of hydrogen-bond acceptors (Lipinski definition) is 6. The Morgan fingerprint density at radius 1 is 1.05 bits per heavy atom. The lowest BCUT2D eigenvalue weighted by molar-refractivity contribution is -0.160. The maximum atomic E-state index is 14.4. The Bertz CT molecular complexity index is 1170. The van der Waals surface area contributed by atoms with Crippen molar-refractivity contribution in [2.45, 2.75) is 63.3 Å². The minimum Gasteiger partial charge on any atom is -0.465 e. The Kier molecular flexibility index (Phi) is 7.18. The second-order valence-corrected chi connectivity index (χ2v) is 11.6. The van der Waals surface area contributed by atoms with Crippen molar-refractivity contribution in [3.05, 3.63) is 53.6 Å². The Balaban J connectivity index is 1.68. The van der Waals surface area contributed by atoms with Crippen LogP contribution in [0, 0.1) is 17.8 Å². The zero-order valence-electron chi connectivity index (χ0n) is 22.0. The Labute approximate surface area is 228 Å². The van der Waals surface area contributed by atoms with E-state index in [0.29, 0.717) is 10.7 Å². The number of benzene rings is 1. The molecule has 6 atom stereocenters. The van der Waals surface area contributed by atoms with Gasteiger partial charge in [-0.2, -0.15) is 0 Å². The second-order valence-electron chi connectivity index (χ2n) is 11.1. The molecule has 0 saturated carbocycles. The number of carbonyl (C=O) groups excluding carboxylic acids is 3. The van der Waals surface area contributed by atoms with Gasteiger partial charge in [-0.25, -0.2) is 0 Å². The van der Waals surface area contributed by atoms with E-state index in [9.17, 15) is 19.5 Å². The number of aliphatic hydroxyl groups is 1. The molecule has 0 aromatic heterocycles. The molecule has 8 nitrogen and oxygen atoms in total. The fourth-order valence-electron chi connectivity index (χ4n) is 6.57. The van der Waals surface area contributed by atoms with E-state index >= 15 is 0 Å². The minimum absolute atomic E-state index is 0.147. The number of cyclic esters (lactones) is 1. The summed E-state index contributed by atoms with van der Waals surface area (Å²) in [5.41, 5.74) is -1.93. The smallest absolute Gasteiger partial charge is 0.313 e. The van der Waals surface area contributed by atoms with Crippen LogP contribution in [0.2, 0.25) is 5.02 Å². The summed E-state index contributed by atoms with van der Waals surface area (Å²) in [5, 5.41) is 10.9. The van der Waals surface area contributed by atoms with Crippen LogP contribution in [0.1, 0.15) is 40.0 Å². The van der Waals surface area contributed by atoms with Gasteiger partial charge in [0, 0.05) is 17.3 Å². The van der Waals surface area contributed by atoms with Crippen LogP contribution in [0.3, 0.4) is 0 Å². The maximum Gasteiger partial charge on any atom is 0.313 e. The minimum atomic E-state index is -1.41. The fraction of sp³-hybridized carbons (Fsp3) is 0.552. The molecule has 0 radical (unpaired) electrons. The molecular formula is C29H35ClN2O6. The molecule has 2 saturated heterocycles. The zero-order chi connectivity index (χ0) is 27.2. The molecule has 9 heteroatoms. The first kappa shape index (κ1) is 26.9. The standard InChI is InChI=1S/C29H35ClN2O6/c1-18(2)21(17-33)32-24-26(35)31(20-11-9-19(30)10-12-20)15-8-14-29(24)22(25(32)34)23-27(36)37-16-7-5-4-6-13-28(23,3)38-29/h6,8-14,18,21-24,33H,4-5,7,15-17H2,1-3H3/b13-6-/t21-,22-,23+,24?,28-,29-/m0/s1. The SMILES string of the molecule is CC(C)[C@H](CO)N1C(=O)[C@@H]2[C@@H]3C(=O)OCCCC/C=C\[C@]3(C)O[C@@]23C=CCN(c2ccc(Cl)cc2)C(=O)C13. The molecule has 4 heterocycles. The summed E-state index contributed by atoms with van der Waals surface area (Å²) >= 11 is 6.10. The summed E-state index contributed by atoms with van der Waals surface area (Å²) < 4.78 is 12.5. The highest BCUT2D eigenvalue weighted by atomic mass is 35.5. The van der Waals surface area contributed by atoms with E-state index in [4.69, 9.17) is 21.1 Å². The van der Waals surface area contributed by atoms with Crippen LogP contribution in [0.5, 0.6) is 0 Å². The lowest BCUT2D eigenvalue weighted by Gasteiger charge is -2.41. The van der Waals surface area contributed by atoms with E-state index in [1.807, 2.05) is 32.1 Å². The van der Waals surface area contributed by atoms with Crippen molar-refractivity contribution in [3.63, 3.8) is 0 Å². The number of nitrogens with zero attached hydrogens (tertiary/aromatic N) is 2. The molecule has 38 heavy (non-hydrogen) atoms. The average molecular weight is 543 g/mol. The topological polar surface area (TPSA) is 96.4 Å². The van der Waals surface area contributed by atoms with E-state index < -0.39 is 41.1 Å². The number of carbonyl (C=O) groups is 3. The van der Waals surface area contributed by atoms with Crippen LogP contribution >= 0.6 is 11.6 Å². The Morgan fingerprint density at radius 3 is 2.47 bits per heavy atom. The van der Waals surface area contributed by atoms with E-state index in [1.165, 1.54) is 4.90 Å².